The Labute approximate surface area is 183 Å². The van der Waals surface area contributed by atoms with E-state index in [1.54, 1.807) is 13.3 Å². The van der Waals surface area contributed by atoms with Gasteiger partial charge in [0.15, 0.2) is 5.96 Å². The van der Waals surface area contributed by atoms with Gasteiger partial charge in [-0.3, -0.25) is 9.79 Å². The van der Waals surface area contributed by atoms with Crippen molar-refractivity contribution in [1.29, 1.82) is 0 Å². The first-order valence-electron chi connectivity index (χ1n) is 9.35. The summed E-state index contributed by atoms with van der Waals surface area (Å²) in [7, 11) is 1.74. The molecule has 8 heteroatoms. The SMILES string of the molecule is CCC(=O)N1CCC(NC(=NC)NCc2coc(-c3ccc(C)cc3)n2)C1.I. The van der Waals surface area contributed by atoms with Crippen LogP contribution in [0.4, 0.5) is 0 Å². The predicted octanol–water partition coefficient (Wildman–Crippen LogP) is 2.94. The number of aliphatic imine (C=N–C) groups is 1. The van der Waals surface area contributed by atoms with Crippen molar-refractivity contribution in [2.24, 2.45) is 4.99 Å². The molecule has 1 fully saturated rings. The van der Waals surface area contributed by atoms with Crippen LogP contribution in [-0.2, 0) is 11.3 Å². The Kier molecular flexibility index (Phi) is 8.28. The first-order valence-corrected chi connectivity index (χ1v) is 9.35. The third kappa shape index (κ3) is 5.70. The number of rotatable bonds is 5. The monoisotopic (exact) mass is 497 g/mol. The van der Waals surface area contributed by atoms with E-state index in [2.05, 4.69) is 27.5 Å². The molecule has 1 aliphatic heterocycles. The van der Waals surface area contributed by atoms with E-state index in [0.717, 1.165) is 30.8 Å². The Morgan fingerprint density at radius 3 is 2.79 bits per heavy atom. The van der Waals surface area contributed by atoms with Crippen molar-refractivity contribution in [3.8, 4) is 11.5 Å². The highest BCUT2D eigenvalue weighted by Crippen LogP contribution is 2.19. The lowest BCUT2D eigenvalue weighted by Crippen LogP contribution is -2.44. The quantitative estimate of drug-likeness (QED) is 0.377. The van der Waals surface area contributed by atoms with Crippen molar-refractivity contribution < 1.29 is 9.21 Å². The second-order valence-corrected chi connectivity index (χ2v) is 6.76. The van der Waals surface area contributed by atoms with Crippen LogP contribution in [0.1, 0.15) is 31.0 Å². The molecule has 0 radical (unpaired) electrons. The molecule has 2 aromatic rings. The zero-order valence-corrected chi connectivity index (χ0v) is 18.9. The van der Waals surface area contributed by atoms with Gasteiger partial charge in [0.2, 0.25) is 11.8 Å². The molecule has 1 amide bonds. The molecule has 3 rings (SSSR count). The maximum atomic E-state index is 11.8. The summed E-state index contributed by atoms with van der Waals surface area (Å²) in [5, 5.41) is 6.63. The summed E-state index contributed by atoms with van der Waals surface area (Å²) in [6.07, 6.45) is 3.13. The standard InChI is InChI=1S/C20H27N5O2.HI/c1-4-18(26)25-10-9-16(12-25)24-20(21-3)22-11-17-13-27-19(23-17)15-7-5-14(2)6-8-15;/h5-8,13,16H,4,9-12H2,1-3H3,(H2,21,22,24);1H. The Hall–Kier alpha value is -2.10. The number of oxazole rings is 1. The number of hydrogen-bond acceptors (Lipinski definition) is 4. The number of hydrogen-bond donors (Lipinski definition) is 2. The number of benzene rings is 1. The molecule has 0 bridgehead atoms. The number of amides is 1. The highest BCUT2D eigenvalue weighted by molar-refractivity contribution is 14.0. The van der Waals surface area contributed by atoms with Gasteiger partial charge in [-0.1, -0.05) is 24.6 Å². The number of nitrogens with one attached hydrogen (secondary N) is 2. The molecule has 0 spiro atoms. The first-order chi connectivity index (χ1) is 13.1. The van der Waals surface area contributed by atoms with Crippen molar-refractivity contribution in [3.63, 3.8) is 0 Å². The molecule has 1 aromatic heterocycles. The van der Waals surface area contributed by atoms with Crippen molar-refractivity contribution in [3.05, 3.63) is 41.8 Å². The molecule has 1 unspecified atom stereocenters. The van der Waals surface area contributed by atoms with Gasteiger partial charge in [0, 0.05) is 38.2 Å². The van der Waals surface area contributed by atoms with E-state index >= 15 is 0 Å². The van der Waals surface area contributed by atoms with Gasteiger partial charge in [-0.25, -0.2) is 4.98 Å². The van der Waals surface area contributed by atoms with Crippen LogP contribution in [0.15, 0.2) is 39.9 Å². The van der Waals surface area contributed by atoms with Crippen molar-refractivity contribution >= 4 is 35.8 Å². The lowest BCUT2D eigenvalue weighted by atomic mass is 10.1. The lowest BCUT2D eigenvalue weighted by Gasteiger charge is -2.18. The van der Waals surface area contributed by atoms with Crippen molar-refractivity contribution in [1.82, 2.24) is 20.5 Å². The second-order valence-electron chi connectivity index (χ2n) is 6.76. The number of nitrogens with zero attached hydrogens (tertiary/aromatic N) is 3. The third-order valence-corrected chi connectivity index (χ3v) is 4.70. The van der Waals surface area contributed by atoms with Crippen LogP contribution in [-0.4, -0.2) is 47.9 Å². The summed E-state index contributed by atoms with van der Waals surface area (Å²) in [6.45, 7) is 5.97. The van der Waals surface area contributed by atoms with Crippen LogP contribution in [0, 0.1) is 6.92 Å². The molecular formula is C20H28IN5O2. The topological polar surface area (TPSA) is 82.8 Å². The summed E-state index contributed by atoms with van der Waals surface area (Å²) >= 11 is 0. The molecule has 0 aliphatic carbocycles. The van der Waals surface area contributed by atoms with Crippen molar-refractivity contribution in [2.75, 3.05) is 20.1 Å². The number of halogens is 1. The van der Waals surface area contributed by atoms with E-state index in [4.69, 9.17) is 4.42 Å². The fraction of sp³-hybridized carbons (Fsp3) is 0.450. The Bertz CT molecular complexity index is 803. The zero-order valence-electron chi connectivity index (χ0n) is 16.6. The summed E-state index contributed by atoms with van der Waals surface area (Å²) in [6, 6.07) is 8.30. The summed E-state index contributed by atoms with van der Waals surface area (Å²) in [4.78, 5) is 22.5. The van der Waals surface area contributed by atoms with Gasteiger partial charge in [-0.05, 0) is 25.5 Å². The lowest BCUT2D eigenvalue weighted by molar-refractivity contribution is -0.129. The Balaban J connectivity index is 0.00000280. The molecule has 1 aliphatic rings. The average molecular weight is 497 g/mol. The minimum Gasteiger partial charge on any atom is -0.444 e. The number of carbonyl (C=O) groups excluding carboxylic acids is 1. The van der Waals surface area contributed by atoms with Crippen LogP contribution < -0.4 is 10.6 Å². The van der Waals surface area contributed by atoms with Crippen molar-refractivity contribution in [2.45, 2.75) is 39.3 Å². The van der Waals surface area contributed by atoms with E-state index < -0.39 is 0 Å². The molecular weight excluding hydrogens is 469 g/mol. The summed E-state index contributed by atoms with van der Waals surface area (Å²) in [5.41, 5.74) is 2.97. The minimum atomic E-state index is 0. The van der Waals surface area contributed by atoms with Gasteiger partial charge in [0.1, 0.15) is 6.26 Å². The zero-order chi connectivity index (χ0) is 19.2. The minimum absolute atomic E-state index is 0. The molecule has 28 heavy (non-hydrogen) atoms. The molecule has 1 saturated heterocycles. The first kappa shape index (κ1) is 22.2. The number of carbonyl (C=O) groups is 1. The third-order valence-electron chi connectivity index (χ3n) is 4.70. The maximum absolute atomic E-state index is 11.8. The van der Waals surface area contributed by atoms with Crippen LogP contribution >= 0.6 is 24.0 Å². The predicted molar refractivity (Wildman–Crippen MR) is 121 cm³/mol. The van der Waals surface area contributed by atoms with Gasteiger partial charge < -0.3 is 20.0 Å². The number of aryl methyl sites for hydroxylation is 1. The Morgan fingerprint density at radius 1 is 1.36 bits per heavy atom. The largest absolute Gasteiger partial charge is 0.444 e. The van der Waals surface area contributed by atoms with Gasteiger partial charge in [0.05, 0.1) is 12.2 Å². The summed E-state index contributed by atoms with van der Waals surface area (Å²) in [5.74, 6) is 1.51. The Morgan fingerprint density at radius 2 is 2.11 bits per heavy atom. The highest BCUT2D eigenvalue weighted by atomic mass is 127. The molecule has 2 N–H and O–H groups in total. The van der Waals surface area contributed by atoms with Gasteiger partial charge in [-0.15, -0.1) is 24.0 Å². The van der Waals surface area contributed by atoms with Crippen LogP contribution in [0.3, 0.4) is 0 Å². The van der Waals surface area contributed by atoms with Gasteiger partial charge >= 0.3 is 0 Å². The number of guanidine groups is 1. The molecule has 1 atom stereocenters. The fourth-order valence-electron chi connectivity index (χ4n) is 3.11. The fourth-order valence-corrected chi connectivity index (χ4v) is 3.11. The molecule has 7 nitrogen and oxygen atoms in total. The smallest absolute Gasteiger partial charge is 0.226 e. The van der Waals surface area contributed by atoms with Crippen LogP contribution in [0.2, 0.25) is 0 Å². The molecule has 1 aromatic carbocycles. The van der Waals surface area contributed by atoms with Crippen LogP contribution in [0.25, 0.3) is 11.5 Å². The summed E-state index contributed by atoms with van der Waals surface area (Å²) < 4.78 is 5.59. The number of likely N-dealkylation sites (tertiary alicyclic amines) is 1. The molecule has 152 valence electrons. The highest BCUT2D eigenvalue weighted by Gasteiger charge is 2.25. The van der Waals surface area contributed by atoms with Gasteiger partial charge in [-0.2, -0.15) is 0 Å². The normalized spacial score (nSPS) is 16.6. The van der Waals surface area contributed by atoms with Gasteiger partial charge in [0.25, 0.3) is 0 Å². The van der Waals surface area contributed by atoms with E-state index in [1.165, 1.54) is 5.56 Å². The average Bonchev–Trinajstić information content (AvgIpc) is 3.34. The maximum Gasteiger partial charge on any atom is 0.226 e. The van der Waals surface area contributed by atoms with E-state index in [-0.39, 0.29) is 35.9 Å². The van der Waals surface area contributed by atoms with E-state index in [9.17, 15) is 4.79 Å². The van der Waals surface area contributed by atoms with E-state index in [1.807, 2.05) is 36.1 Å². The van der Waals surface area contributed by atoms with Crippen LogP contribution in [0.5, 0.6) is 0 Å². The van der Waals surface area contributed by atoms with E-state index in [0.29, 0.717) is 24.8 Å². The second kappa shape index (κ2) is 10.4. The number of aromatic nitrogens is 1. The molecule has 0 saturated carbocycles. The molecule has 2 heterocycles.